The van der Waals surface area contributed by atoms with E-state index >= 15 is 0 Å². The summed E-state index contributed by atoms with van der Waals surface area (Å²) in [6, 6.07) is 0.535. The fourth-order valence-electron chi connectivity index (χ4n) is 1.38. The molecule has 0 saturated carbocycles. The van der Waals surface area contributed by atoms with Crippen LogP contribution < -0.4 is 5.32 Å². The van der Waals surface area contributed by atoms with E-state index in [4.69, 9.17) is 4.74 Å². The van der Waals surface area contributed by atoms with Gasteiger partial charge in [0.1, 0.15) is 0 Å². The van der Waals surface area contributed by atoms with Crippen LogP contribution in [0.1, 0.15) is 27.7 Å². The highest BCUT2D eigenvalue weighted by Gasteiger charge is 2.07. The molecule has 0 radical (unpaired) electrons. The zero-order valence-electron chi connectivity index (χ0n) is 10.3. The minimum Gasteiger partial charge on any atom is -0.380 e. The summed E-state index contributed by atoms with van der Waals surface area (Å²) in [6.45, 7) is 13.0. The van der Waals surface area contributed by atoms with E-state index in [1.165, 1.54) is 0 Å². The van der Waals surface area contributed by atoms with Gasteiger partial charge in [-0.3, -0.25) is 0 Å². The lowest BCUT2D eigenvalue weighted by Gasteiger charge is -2.24. The van der Waals surface area contributed by atoms with Gasteiger partial charge in [0.05, 0.1) is 6.10 Å². The Morgan fingerprint density at radius 2 is 1.79 bits per heavy atom. The van der Waals surface area contributed by atoms with E-state index in [2.05, 4.69) is 37.9 Å². The fourth-order valence-corrected chi connectivity index (χ4v) is 1.38. The highest BCUT2D eigenvalue weighted by atomic mass is 16.5. The number of nitrogens with one attached hydrogen (secondary N) is 1. The van der Waals surface area contributed by atoms with Crippen LogP contribution in [0.3, 0.4) is 0 Å². The zero-order chi connectivity index (χ0) is 11.0. The van der Waals surface area contributed by atoms with Crippen molar-refractivity contribution in [1.82, 2.24) is 10.2 Å². The molecule has 0 fully saturated rings. The first-order valence-corrected chi connectivity index (χ1v) is 5.62. The Balaban J connectivity index is 3.58. The predicted molar refractivity (Wildman–Crippen MR) is 61.7 cm³/mol. The Labute approximate surface area is 88.8 Å². The van der Waals surface area contributed by atoms with Crippen LogP contribution in [0.4, 0.5) is 0 Å². The number of hydrogen-bond acceptors (Lipinski definition) is 3. The highest BCUT2D eigenvalue weighted by molar-refractivity contribution is 4.67. The van der Waals surface area contributed by atoms with E-state index in [1.54, 1.807) is 7.11 Å². The molecule has 0 spiro atoms. The predicted octanol–water partition coefficient (Wildman–Crippen LogP) is 1.34. The Bertz CT molecular complexity index is 126. The average molecular weight is 202 g/mol. The lowest BCUT2D eigenvalue weighted by Crippen LogP contribution is -2.41. The summed E-state index contributed by atoms with van der Waals surface area (Å²) in [4.78, 5) is 2.43. The molecule has 86 valence electrons. The Morgan fingerprint density at radius 3 is 2.21 bits per heavy atom. The molecule has 0 aromatic carbocycles. The maximum absolute atomic E-state index is 5.18. The average Bonchev–Trinajstić information content (AvgIpc) is 2.22. The van der Waals surface area contributed by atoms with Gasteiger partial charge in [0.15, 0.2) is 0 Å². The summed E-state index contributed by atoms with van der Waals surface area (Å²) in [7, 11) is 1.75. The van der Waals surface area contributed by atoms with Crippen molar-refractivity contribution in [2.45, 2.75) is 39.8 Å². The number of hydrogen-bond donors (Lipinski definition) is 1. The molecule has 0 aromatic rings. The number of rotatable bonds is 8. The molecular formula is C11H26N2O. The molecule has 0 saturated heterocycles. The smallest absolute Gasteiger partial charge is 0.0667 e. The largest absolute Gasteiger partial charge is 0.380 e. The second kappa shape index (κ2) is 8.21. The van der Waals surface area contributed by atoms with Crippen LogP contribution in [-0.4, -0.2) is 50.3 Å². The van der Waals surface area contributed by atoms with Crippen molar-refractivity contribution in [2.75, 3.05) is 33.3 Å². The van der Waals surface area contributed by atoms with E-state index in [0.717, 1.165) is 26.2 Å². The molecule has 0 aliphatic rings. The number of nitrogens with zero attached hydrogens (tertiary/aromatic N) is 1. The third-order valence-electron chi connectivity index (χ3n) is 2.58. The topological polar surface area (TPSA) is 24.5 Å². The van der Waals surface area contributed by atoms with Crippen molar-refractivity contribution < 1.29 is 4.74 Å². The molecule has 0 heterocycles. The van der Waals surface area contributed by atoms with Gasteiger partial charge in [-0.1, -0.05) is 13.8 Å². The van der Waals surface area contributed by atoms with Gasteiger partial charge in [-0.25, -0.2) is 0 Å². The van der Waals surface area contributed by atoms with Crippen molar-refractivity contribution in [2.24, 2.45) is 0 Å². The van der Waals surface area contributed by atoms with Gasteiger partial charge in [0.2, 0.25) is 0 Å². The molecule has 0 bridgehead atoms. The molecular weight excluding hydrogens is 176 g/mol. The molecule has 0 rings (SSSR count). The van der Waals surface area contributed by atoms with Crippen LogP contribution in [0.5, 0.6) is 0 Å². The van der Waals surface area contributed by atoms with Crippen molar-refractivity contribution in [3.63, 3.8) is 0 Å². The van der Waals surface area contributed by atoms with Crippen LogP contribution in [0.25, 0.3) is 0 Å². The van der Waals surface area contributed by atoms with Crippen molar-refractivity contribution in [1.29, 1.82) is 0 Å². The van der Waals surface area contributed by atoms with E-state index < -0.39 is 0 Å². The Morgan fingerprint density at radius 1 is 1.21 bits per heavy atom. The van der Waals surface area contributed by atoms with Gasteiger partial charge < -0.3 is 15.0 Å². The van der Waals surface area contributed by atoms with Crippen LogP contribution in [0, 0.1) is 0 Å². The standard InChI is InChI=1S/C11H26N2O/c1-6-13(7-2)9-10(3)12-8-11(4)14-5/h10-12H,6-9H2,1-5H3. The summed E-state index contributed by atoms with van der Waals surface area (Å²) in [6.07, 6.45) is 0.300. The summed E-state index contributed by atoms with van der Waals surface area (Å²) in [5, 5.41) is 3.47. The molecule has 3 heteroatoms. The first-order chi connectivity index (χ1) is 6.63. The van der Waals surface area contributed by atoms with Gasteiger partial charge in [0, 0.05) is 26.2 Å². The molecule has 0 amide bonds. The van der Waals surface area contributed by atoms with Gasteiger partial charge in [-0.2, -0.15) is 0 Å². The number of likely N-dealkylation sites (N-methyl/N-ethyl adjacent to an activating group) is 1. The molecule has 1 N–H and O–H groups in total. The second-order valence-corrected chi connectivity index (χ2v) is 3.84. The molecule has 0 aliphatic heterocycles. The lowest BCUT2D eigenvalue weighted by atomic mass is 10.3. The number of methoxy groups -OCH3 is 1. The molecule has 0 aliphatic carbocycles. The van der Waals surface area contributed by atoms with Gasteiger partial charge in [0.25, 0.3) is 0 Å². The normalized spacial score (nSPS) is 15.9. The Kier molecular flexibility index (Phi) is 8.14. The number of ether oxygens (including phenoxy) is 1. The van der Waals surface area contributed by atoms with Crippen LogP contribution >= 0.6 is 0 Å². The summed E-state index contributed by atoms with van der Waals surface area (Å²) in [5.74, 6) is 0. The maximum Gasteiger partial charge on any atom is 0.0667 e. The van der Waals surface area contributed by atoms with Gasteiger partial charge in [-0.15, -0.1) is 0 Å². The summed E-state index contributed by atoms with van der Waals surface area (Å²) < 4.78 is 5.18. The van der Waals surface area contributed by atoms with Crippen LogP contribution in [0.15, 0.2) is 0 Å². The van der Waals surface area contributed by atoms with E-state index in [0.29, 0.717) is 12.1 Å². The molecule has 0 aromatic heterocycles. The van der Waals surface area contributed by atoms with Crippen molar-refractivity contribution in [3.8, 4) is 0 Å². The van der Waals surface area contributed by atoms with E-state index in [1.807, 2.05) is 0 Å². The molecule has 14 heavy (non-hydrogen) atoms. The third kappa shape index (κ3) is 6.35. The minimum absolute atomic E-state index is 0.300. The first-order valence-electron chi connectivity index (χ1n) is 5.62. The fraction of sp³-hybridized carbons (Fsp3) is 1.00. The third-order valence-corrected chi connectivity index (χ3v) is 2.58. The van der Waals surface area contributed by atoms with Crippen molar-refractivity contribution in [3.05, 3.63) is 0 Å². The van der Waals surface area contributed by atoms with Crippen LogP contribution in [0.2, 0.25) is 0 Å². The highest BCUT2D eigenvalue weighted by Crippen LogP contribution is 1.92. The minimum atomic E-state index is 0.300. The van der Waals surface area contributed by atoms with Crippen molar-refractivity contribution >= 4 is 0 Å². The molecule has 2 unspecified atom stereocenters. The Hall–Kier alpha value is -0.120. The maximum atomic E-state index is 5.18. The van der Waals surface area contributed by atoms with Crippen LogP contribution in [-0.2, 0) is 4.74 Å². The summed E-state index contributed by atoms with van der Waals surface area (Å²) in [5.41, 5.74) is 0. The zero-order valence-corrected chi connectivity index (χ0v) is 10.3. The lowest BCUT2D eigenvalue weighted by molar-refractivity contribution is 0.112. The second-order valence-electron chi connectivity index (χ2n) is 3.84. The van der Waals surface area contributed by atoms with Gasteiger partial charge >= 0.3 is 0 Å². The first kappa shape index (κ1) is 13.9. The monoisotopic (exact) mass is 202 g/mol. The van der Waals surface area contributed by atoms with E-state index in [9.17, 15) is 0 Å². The molecule has 3 nitrogen and oxygen atoms in total. The summed E-state index contributed by atoms with van der Waals surface area (Å²) >= 11 is 0. The van der Waals surface area contributed by atoms with E-state index in [-0.39, 0.29) is 0 Å². The van der Waals surface area contributed by atoms with Gasteiger partial charge in [-0.05, 0) is 26.9 Å². The quantitative estimate of drug-likeness (QED) is 0.643. The molecule has 2 atom stereocenters. The SMILES string of the molecule is CCN(CC)CC(C)NCC(C)OC.